The van der Waals surface area contributed by atoms with Crippen molar-refractivity contribution in [3.8, 4) is 17.0 Å². The van der Waals surface area contributed by atoms with Crippen LogP contribution in [0.25, 0.3) is 11.3 Å². The van der Waals surface area contributed by atoms with E-state index in [9.17, 15) is 13.2 Å². The van der Waals surface area contributed by atoms with Crippen molar-refractivity contribution in [1.82, 2.24) is 15.1 Å². The van der Waals surface area contributed by atoms with E-state index in [1.165, 1.54) is 6.20 Å². The number of hydrogen-bond donors (Lipinski definition) is 1. The van der Waals surface area contributed by atoms with E-state index in [4.69, 9.17) is 4.74 Å². The van der Waals surface area contributed by atoms with E-state index in [0.717, 1.165) is 0 Å². The van der Waals surface area contributed by atoms with Crippen LogP contribution in [-0.2, 0) is 11.9 Å². The highest BCUT2D eigenvalue weighted by molar-refractivity contribution is 5.73. The maximum atomic E-state index is 13.3. The molecular weight excluding hydrogens is 295 g/mol. The number of benzene rings is 1. The first-order valence-corrected chi connectivity index (χ1v) is 7.16. The molecule has 116 valence electrons. The summed E-state index contributed by atoms with van der Waals surface area (Å²) < 4.78 is 46.2. The number of piperidine rings is 1. The Morgan fingerprint density at radius 2 is 1.91 bits per heavy atom. The summed E-state index contributed by atoms with van der Waals surface area (Å²) in [4.78, 5) is 0. The van der Waals surface area contributed by atoms with E-state index >= 15 is 0 Å². The van der Waals surface area contributed by atoms with Crippen LogP contribution in [0, 0.1) is 0 Å². The summed E-state index contributed by atoms with van der Waals surface area (Å²) in [7, 11) is 0. The van der Waals surface area contributed by atoms with Gasteiger partial charge >= 0.3 is 6.30 Å². The second kappa shape index (κ2) is 4.49. The third-order valence-electron chi connectivity index (χ3n) is 4.36. The van der Waals surface area contributed by atoms with E-state index in [1.54, 1.807) is 24.3 Å². The number of rotatable bonds is 0. The average molecular weight is 309 g/mol. The minimum atomic E-state index is -4.55. The van der Waals surface area contributed by atoms with Crippen LogP contribution in [0.2, 0.25) is 0 Å². The maximum Gasteiger partial charge on any atom is 0.505 e. The average Bonchev–Trinajstić information content (AvgIpc) is 2.95. The van der Waals surface area contributed by atoms with Crippen molar-refractivity contribution < 1.29 is 17.9 Å². The number of halogens is 3. The Morgan fingerprint density at radius 3 is 2.64 bits per heavy atom. The topological polar surface area (TPSA) is 39.1 Å². The predicted octanol–water partition coefficient (Wildman–Crippen LogP) is 3.00. The van der Waals surface area contributed by atoms with E-state index in [2.05, 4.69) is 10.4 Å². The fraction of sp³-hybridized carbons (Fsp3) is 0.400. The van der Waals surface area contributed by atoms with Crippen molar-refractivity contribution in [3.63, 3.8) is 0 Å². The summed E-state index contributed by atoms with van der Waals surface area (Å²) in [5.74, 6) is 0.489. The second-order valence-corrected chi connectivity index (χ2v) is 5.63. The molecule has 22 heavy (non-hydrogen) atoms. The molecule has 0 unspecified atom stereocenters. The van der Waals surface area contributed by atoms with Gasteiger partial charge in [0.25, 0.3) is 0 Å². The lowest BCUT2D eigenvalue weighted by Crippen LogP contribution is -2.45. The molecule has 0 bridgehead atoms. The smallest absolute Gasteiger partial charge is 0.482 e. The molecule has 2 aliphatic heterocycles. The van der Waals surface area contributed by atoms with Crippen molar-refractivity contribution in [2.24, 2.45) is 0 Å². The van der Waals surface area contributed by atoms with Crippen LogP contribution < -0.4 is 10.1 Å². The van der Waals surface area contributed by atoms with Crippen LogP contribution in [0.15, 0.2) is 30.5 Å². The number of aromatic nitrogens is 2. The molecule has 3 heterocycles. The summed E-state index contributed by atoms with van der Waals surface area (Å²) in [6.45, 7) is 1.41. The van der Waals surface area contributed by atoms with Gasteiger partial charge in [0.2, 0.25) is 0 Å². The zero-order chi connectivity index (χ0) is 15.4. The molecule has 0 amide bonds. The number of nitrogens with zero attached hydrogens (tertiary/aromatic N) is 2. The first-order valence-electron chi connectivity index (χ1n) is 7.16. The van der Waals surface area contributed by atoms with Crippen LogP contribution in [0.1, 0.15) is 18.4 Å². The molecule has 0 radical (unpaired) electrons. The zero-order valence-electron chi connectivity index (χ0n) is 11.7. The Bertz CT molecular complexity index is 717. The highest BCUT2D eigenvalue weighted by Gasteiger charge is 2.47. The molecule has 1 aromatic carbocycles. The normalized spacial score (nSPS) is 19.4. The highest BCUT2D eigenvalue weighted by atomic mass is 19.4. The minimum absolute atomic E-state index is 0.108. The Kier molecular flexibility index (Phi) is 2.78. The number of para-hydroxylation sites is 1. The van der Waals surface area contributed by atoms with Crippen LogP contribution in [-0.4, -0.2) is 22.9 Å². The standard InChI is InChI=1S/C15H14F3N3O/c16-15(17,18)21-13-10-3-1-2-4-12(10)22-14(11(13)9-20-21)5-7-19-8-6-14/h1-4,9,19H,5-8H2. The molecule has 1 N–H and O–H groups in total. The molecule has 2 aromatic rings. The third kappa shape index (κ3) is 1.85. The summed E-state index contributed by atoms with van der Waals surface area (Å²) in [5, 5.41) is 6.83. The largest absolute Gasteiger partial charge is 0.505 e. The lowest BCUT2D eigenvalue weighted by molar-refractivity contribution is -0.211. The second-order valence-electron chi connectivity index (χ2n) is 5.63. The number of nitrogens with one attached hydrogen (secondary N) is 1. The van der Waals surface area contributed by atoms with Gasteiger partial charge in [-0.2, -0.15) is 9.78 Å². The first kappa shape index (κ1) is 13.6. The minimum Gasteiger partial charge on any atom is -0.482 e. The van der Waals surface area contributed by atoms with Gasteiger partial charge in [-0.3, -0.25) is 0 Å². The van der Waals surface area contributed by atoms with Crippen molar-refractivity contribution in [1.29, 1.82) is 0 Å². The molecule has 4 rings (SSSR count). The Morgan fingerprint density at radius 1 is 1.18 bits per heavy atom. The first-order chi connectivity index (χ1) is 10.5. The van der Waals surface area contributed by atoms with Crippen molar-refractivity contribution in [2.45, 2.75) is 24.7 Å². The van der Waals surface area contributed by atoms with Gasteiger partial charge < -0.3 is 10.1 Å². The molecule has 0 saturated carbocycles. The fourth-order valence-electron chi connectivity index (χ4n) is 3.35. The van der Waals surface area contributed by atoms with Crippen LogP contribution in [0.4, 0.5) is 13.2 Å². The van der Waals surface area contributed by atoms with Gasteiger partial charge in [0, 0.05) is 24.0 Å². The molecule has 1 aromatic heterocycles. The fourth-order valence-corrected chi connectivity index (χ4v) is 3.35. The SMILES string of the molecule is FC(F)(F)n1ncc2c1-c1ccccc1OC21CCNCC1. The molecule has 2 aliphatic rings. The summed E-state index contributed by atoms with van der Waals surface area (Å²) in [5.41, 5.74) is 0.357. The summed E-state index contributed by atoms with van der Waals surface area (Å²) >= 11 is 0. The van der Waals surface area contributed by atoms with Gasteiger partial charge in [0.15, 0.2) is 0 Å². The lowest BCUT2D eigenvalue weighted by Gasteiger charge is -2.41. The van der Waals surface area contributed by atoms with Gasteiger partial charge in [0.05, 0.1) is 11.9 Å². The number of ether oxygens (including phenoxy) is 1. The van der Waals surface area contributed by atoms with Crippen LogP contribution >= 0.6 is 0 Å². The third-order valence-corrected chi connectivity index (χ3v) is 4.36. The van der Waals surface area contributed by atoms with Crippen molar-refractivity contribution in [3.05, 3.63) is 36.0 Å². The molecule has 1 spiro atoms. The van der Waals surface area contributed by atoms with Crippen molar-refractivity contribution >= 4 is 0 Å². The lowest BCUT2D eigenvalue weighted by atomic mass is 9.81. The molecule has 1 fully saturated rings. The molecule has 4 nitrogen and oxygen atoms in total. The Hall–Kier alpha value is -2.02. The zero-order valence-corrected chi connectivity index (χ0v) is 11.7. The quantitative estimate of drug-likeness (QED) is 0.813. The van der Waals surface area contributed by atoms with Crippen LogP contribution in [0.5, 0.6) is 5.75 Å². The number of fused-ring (bicyclic) bond motifs is 4. The Balaban J connectivity index is 1.97. The van der Waals surface area contributed by atoms with Gasteiger partial charge in [0.1, 0.15) is 11.4 Å². The van der Waals surface area contributed by atoms with E-state index < -0.39 is 11.9 Å². The number of hydrogen-bond acceptors (Lipinski definition) is 3. The monoisotopic (exact) mass is 309 g/mol. The summed E-state index contributed by atoms with van der Waals surface area (Å²) in [6, 6.07) is 6.84. The summed E-state index contributed by atoms with van der Waals surface area (Å²) in [6.07, 6.45) is -1.99. The maximum absolute atomic E-state index is 13.3. The van der Waals surface area contributed by atoms with Gasteiger partial charge in [-0.15, -0.1) is 13.2 Å². The van der Waals surface area contributed by atoms with E-state index in [1.807, 2.05) is 0 Å². The van der Waals surface area contributed by atoms with Crippen molar-refractivity contribution in [2.75, 3.05) is 13.1 Å². The Labute approximate surface area is 124 Å². The van der Waals surface area contributed by atoms with Gasteiger partial charge in [-0.05, 0) is 25.2 Å². The molecule has 7 heteroatoms. The van der Waals surface area contributed by atoms with Gasteiger partial charge in [-0.1, -0.05) is 12.1 Å². The van der Waals surface area contributed by atoms with E-state index in [-0.39, 0.29) is 10.4 Å². The predicted molar refractivity (Wildman–Crippen MR) is 73.4 cm³/mol. The molecular formula is C15H14F3N3O. The van der Waals surface area contributed by atoms with Crippen LogP contribution in [0.3, 0.4) is 0 Å². The van der Waals surface area contributed by atoms with Gasteiger partial charge in [-0.25, -0.2) is 0 Å². The molecule has 0 aliphatic carbocycles. The van der Waals surface area contributed by atoms with E-state index in [0.29, 0.717) is 42.8 Å². The molecule has 0 atom stereocenters. The molecule has 1 saturated heterocycles. The number of alkyl halides is 3. The highest BCUT2D eigenvalue weighted by Crippen LogP contribution is 2.50.